The van der Waals surface area contributed by atoms with Crippen LogP contribution in [0.3, 0.4) is 0 Å². The van der Waals surface area contributed by atoms with Crippen molar-refractivity contribution >= 4 is 29.6 Å². The predicted molar refractivity (Wildman–Crippen MR) is 117 cm³/mol. The average molecular weight is 426 g/mol. The molecule has 3 amide bonds. The average Bonchev–Trinajstić information content (AvgIpc) is 2.78. The van der Waals surface area contributed by atoms with Crippen molar-refractivity contribution in [2.75, 3.05) is 19.0 Å². The Balaban J connectivity index is 1.76. The Hall–Kier alpha value is -3.88. The normalized spacial score (nSPS) is 11.5. The van der Waals surface area contributed by atoms with E-state index in [1.807, 2.05) is 6.92 Å². The van der Waals surface area contributed by atoms with Crippen molar-refractivity contribution in [2.24, 2.45) is 5.10 Å². The van der Waals surface area contributed by atoms with Gasteiger partial charge in [0.1, 0.15) is 11.5 Å². The van der Waals surface area contributed by atoms with Crippen molar-refractivity contribution in [3.8, 4) is 11.5 Å². The molecule has 0 spiro atoms. The molecule has 31 heavy (non-hydrogen) atoms. The van der Waals surface area contributed by atoms with Crippen LogP contribution in [-0.2, 0) is 14.4 Å². The lowest BCUT2D eigenvalue weighted by Gasteiger charge is -2.09. The van der Waals surface area contributed by atoms with Gasteiger partial charge in [-0.05, 0) is 67.4 Å². The van der Waals surface area contributed by atoms with Crippen LogP contribution in [-0.4, -0.2) is 43.7 Å². The van der Waals surface area contributed by atoms with E-state index in [0.717, 1.165) is 6.42 Å². The second-order valence-electron chi connectivity index (χ2n) is 6.62. The first-order valence-electron chi connectivity index (χ1n) is 9.72. The second kappa shape index (κ2) is 12.0. The fourth-order valence-corrected chi connectivity index (χ4v) is 2.28. The number of hydrogen-bond donors (Lipinski definition) is 3. The Labute approximate surface area is 180 Å². The SMILES string of the molecule is CC[C@@H](C)NC(=O)C(=O)N/N=C\c1ccc(OCC(=O)Nc2ccc(OC)cc2)cc1. The molecule has 0 saturated heterocycles. The molecule has 0 unspecified atom stereocenters. The molecule has 0 aromatic heterocycles. The molecule has 0 heterocycles. The van der Waals surface area contributed by atoms with Crippen LogP contribution < -0.4 is 25.5 Å². The summed E-state index contributed by atoms with van der Waals surface area (Å²) in [6, 6.07) is 13.6. The molecule has 2 aromatic carbocycles. The fraction of sp³-hybridized carbons (Fsp3) is 0.273. The van der Waals surface area contributed by atoms with Crippen LogP contribution in [0.1, 0.15) is 25.8 Å². The van der Waals surface area contributed by atoms with Crippen LogP contribution in [0.2, 0.25) is 0 Å². The van der Waals surface area contributed by atoms with Gasteiger partial charge in [0.15, 0.2) is 6.61 Å². The standard InChI is InChI=1S/C22H26N4O5/c1-4-15(2)24-21(28)22(29)26-23-13-16-5-9-19(10-6-16)31-14-20(27)25-17-7-11-18(30-3)12-8-17/h5-13,15H,4,14H2,1-3H3,(H,24,28)(H,25,27)(H,26,29)/b23-13-/t15-/m1/s1. The summed E-state index contributed by atoms with van der Waals surface area (Å²) < 4.78 is 10.5. The molecule has 0 aliphatic rings. The minimum absolute atomic E-state index is 0.0898. The van der Waals surface area contributed by atoms with Crippen LogP contribution in [0.25, 0.3) is 0 Å². The van der Waals surface area contributed by atoms with Crippen LogP contribution >= 0.6 is 0 Å². The quantitative estimate of drug-likeness (QED) is 0.322. The Morgan fingerprint density at radius 1 is 1.00 bits per heavy atom. The Kier molecular flexibility index (Phi) is 9.03. The molecule has 2 aromatic rings. The topological polar surface area (TPSA) is 118 Å². The third kappa shape index (κ3) is 8.17. The van der Waals surface area contributed by atoms with E-state index in [2.05, 4.69) is 21.2 Å². The van der Waals surface area contributed by atoms with Crippen LogP contribution in [0, 0.1) is 0 Å². The van der Waals surface area contributed by atoms with E-state index < -0.39 is 11.8 Å². The van der Waals surface area contributed by atoms with Crippen molar-refractivity contribution in [2.45, 2.75) is 26.3 Å². The molecule has 0 aliphatic heterocycles. The number of nitrogens with zero attached hydrogens (tertiary/aromatic N) is 1. The second-order valence-corrected chi connectivity index (χ2v) is 6.62. The summed E-state index contributed by atoms with van der Waals surface area (Å²) in [5.74, 6) is -0.664. The van der Waals surface area contributed by atoms with E-state index in [-0.39, 0.29) is 18.6 Å². The largest absolute Gasteiger partial charge is 0.497 e. The molecule has 1 atom stereocenters. The number of amides is 3. The third-order valence-corrected chi connectivity index (χ3v) is 4.20. The molecule has 9 nitrogen and oxygen atoms in total. The number of carbonyl (C=O) groups excluding carboxylic acids is 3. The van der Waals surface area contributed by atoms with Gasteiger partial charge in [-0.1, -0.05) is 6.92 Å². The number of ether oxygens (including phenoxy) is 2. The highest BCUT2D eigenvalue weighted by molar-refractivity contribution is 6.35. The molecule has 164 valence electrons. The van der Waals surface area contributed by atoms with Crippen LogP contribution in [0.5, 0.6) is 11.5 Å². The molecule has 0 fully saturated rings. The summed E-state index contributed by atoms with van der Waals surface area (Å²) >= 11 is 0. The van der Waals surface area contributed by atoms with Crippen molar-refractivity contribution in [1.29, 1.82) is 0 Å². The van der Waals surface area contributed by atoms with Crippen molar-refractivity contribution < 1.29 is 23.9 Å². The van der Waals surface area contributed by atoms with Gasteiger partial charge in [-0.25, -0.2) is 5.43 Å². The lowest BCUT2D eigenvalue weighted by atomic mass is 10.2. The molecule has 0 aliphatic carbocycles. The zero-order chi connectivity index (χ0) is 22.6. The smallest absolute Gasteiger partial charge is 0.329 e. The molecular formula is C22H26N4O5. The molecule has 9 heteroatoms. The highest BCUT2D eigenvalue weighted by Gasteiger charge is 2.14. The lowest BCUT2D eigenvalue weighted by molar-refractivity contribution is -0.139. The number of carbonyl (C=O) groups is 3. The maximum absolute atomic E-state index is 12.0. The van der Waals surface area contributed by atoms with Gasteiger partial charge in [0, 0.05) is 11.7 Å². The molecule has 0 radical (unpaired) electrons. The monoisotopic (exact) mass is 426 g/mol. The van der Waals surface area contributed by atoms with Crippen LogP contribution in [0.15, 0.2) is 53.6 Å². The van der Waals surface area contributed by atoms with Crippen molar-refractivity contribution in [3.63, 3.8) is 0 Å². The van der Waals surface area contributed by atoms with Gasteiger partial charge >= 0.3 is 11.8 Å². The van der Waals surface area contributed by atoms with E-state index in [1.165, 1.54) is 6.21 Å². The first-order chi connectivity index (χ1) is 14.9. The van der Waals surface area contributed by atoms with Gasteiger partial charge in [-0.3, -0.25) is 14.4 Å². The summed E-state index contributed by atoms with van der Waals surface area (Å²) in [6.07, 6.45) is 2.12. The van der Waals surface area contributed by atoms with Gasteiger partial charge in [-0.2, -0.15) is 5.10 Å². The fourth-order valence-electron chi connectivity index (χ4n) is 2.28. The maximum Gasteiger partial charge on any atom is 0.329 e. The van der Waals surface area contributed by atoms with E-state index in [4.69, 9.17) is 9.47 Å². The Bertz CT molecular complexity index is 911. The van der Waals surface area contributed by atoms with E-state index >= 15 is 0 Å². The zero-order valence-corrected chi connectivity index (χ0v) is 17.7. The summed E-state index contributed by atoms with van der Waals surface area (Å²) in [5, 5.41) is 9.03. The maximum atomic E-state index is 12.0. The lowest BCUT2D eigenvalue weighted by Crippen LogP contribution is -2.41. The van der Waals surface area contributed by atoms with Gasteiger partial charge in [0.25, 0.3) is 5.91 Å². The number of benzene rings is 2. The van der Waals surface area contributed by atoms with Gasteiger partial charge in [-0.15, -0.1) is 0 Å². The summed E-state index contributed by atoms with van der Waals surface area (Å²) in [4.78, 5) is 35.3. The van der Waals surface area contributed by atoms with E-state index in [1.54, 1.807) is 62.6 Å². The van der Waals surface area contributed by atoms with Gasteiger partial charge < -0.3 is 20.1 Å². The summed E-state index contributed by atoms with van der Waals surface area (Å²) in [7, 11) is 1.57. The minimum atomic E-state index is -0.834. The van der Waals surface area contributed by atoms with E-state index in [9.17, 15) is 14.4 Å². The highest BCUT2D eigenvalue weighted by Crippen LogP contribution is 2.15. The minimum Gasteiger partial charge on any atom is -0.497 e. The van der Waals surface area contributed by atoms with E-state index in [0.29, 0.717) is 22.7 Å². The molecule has 0 bridgehead atoms. The first-order valence-corrected chi connectivity index (χ1v) is 9.72. The summed E-state index contributed by atoms with van der Waals surface area (Å²) in [6.45, 7) is 3.56. The molecule has 3 N–H and O–H groups in total. The number of hydrogen-bond acceptors (Lipinski definition) is 6. The Morgan fingerprint density at radius 2 is 1.65 bits per heavy atom. The van der Waals surface area contributed by atoms with Crippen molar-refractivity contribution in [3.05, 3.63) is 54.1 Å². The molecule has 0 saturated carbocycles. The number of nitrogens with one attached hydrogen (secondary N) is 3. The molecular weight excluding hydrogens is 400 g/mol. The Morgan fingerprint density at radius 3 is 2.26 bits per heavy atom. The number of hydrazone groups is 1. The van der Waals surface area contributed by atoms with Gasteiger partial charge in [0.05, 0.1) is 13.3 Å². The number of anilines is 1. The van der Waals surface area contributed by atoms with Crippen molar-refractivity contribution in [1.82, 2.24) is 10.7 Å². The molecule has 2 rings (SSSR count). The summed E-state index contributed by atoms with van der Waals surface area (Å²) in [5.41, 5.74) is 3.49. The predicted octanol–water partition coefficient (Wildman–Crippen LogP) is 2.08. The van der Waals surface area contributed by atoms with Crippen LogP contribution in [0.4, 0.5) is 5.69 Å². The highest BCUT2D eigenvalue weighted by atomic mass is 16.5. The zero-order valence-electron chi connectivity index (χ0n) is 17.7. The first kappa shape index (κ1) is 23.4. The number of rotatable bonds is 9. The number of methoxy groups -OCH3 is 1. The van der Waals surface area contributed by atoms with Gasteiger partial charge in [0.2, 0.25) is 0 Å². The third-order valence-electron chi connectivity index (χ3n) is 4.20.